The number of carbonyl (C=O) groups is 1. The third-order valence-electron chi connectivity index (χ3n) is 1.14. The minimum atomic E-state index is -3.41. The van der Waals surface area contributed by atoms with E-state index in [0.717, 1.165) is 0 Å². The molecule has 0 rings (SSSR count). The SMILES string of the molecule is Cl.NC(CS(=O)(=O)CCCl)C(=O)O. The van der Waals surface area contributed by atoms with Crippen molar-refractivity contribution in [1.29, 1.82) is 0 Å². The molecule has 0 aromatic rings. The van der Waals surface area contributed by atoms with Crippen LogP contribution in [0.25, 0.3) is 0 Å². The maximum atomic E-state index is 10.9. The van der Waals surface area contributed by atoms with Crippen LogP contribution in [0.4, 0.5) is 0 Å². The van der Waals surface area contributed by atoms with E-state index >= 15 is 0 Å². The van der Waals surface area contributed by atoms with Gasteiger partial charge in [-0.3, -0.25) is 4.79 Å². The number of rotatable bonds is 5. The van der Waals surface area contributed by atoms with Gasteiger partial charge in [-0.05, 0) is 0 Å². The number of hydrogen-bond acceptors (Lipinski definition) is 4. The van der Waals surface area contributed by atoms with Crippen molar-refractivity contribution in [3.63, 3.8) is 0 Å². The van der Waals surface area contributed by atoms with Crippen LogP contribution in [-0.2, 0) is 14.6 Å². The fraction of sp³-hybridized carbons (Fsp3) is 0.800. The number of sulfone groups is 1. The normalized spacial score (nSPS) is 13.1. The number of carboxylic acids is 1. The third kappa shape index (κ3) is 7.06. The number of halogens is 2. The molecule has 0 radical (unpaired) electrons. The predicted molar refractivity (Wildman–Crippen MR) is 52.2 cm³/mol. The van der Waals surface area contributed by atoms with Gasteiger partial charge in [0.25, 0.3) is 0 Å². The molecule has 0 saturated carbocycles. The smallest absolute Gasteiger partial charge is 0.321 e. The topological polar surface area (TPSA) is 97.5 Å². The molecule has 0 aromatic heterocycles. The van der Waals surface area contributed by atoms with E-state index in [0.29, 0.717) is 0 Å². The summed E-state index contributed by atoms with van der Waals surface area (Å²) in [6.45, 7) is 0. The summed E-state index contributed by atoms with van der Waals surface area (Å²) < 4.78 is 21.8. The van der Waals surface area contributed by atoms with Crippen molar-refractivity contribution in [2.24, 2.45) is 5.73 Å². The van der Waals surface area contributed by atoms with Gasteiger partial charge in [0.1, 0.15) is 6.04 Å². The fourth-order valence-corrected chi connectivity index (χ4v) is 2.34. The lowest BCUT2D eigenvalue weighted by atomic mass is 10.4. The van der Waals surface area contributed by atoms with Gasteiger partial charge in [-0.2, -0.15) is 0 Å². The molecule has 0 fully saturated rings. The molecule has 5 nitrogen and oxygen atoms in total. The van der Waals surface area contributed by atoms with E-state index in [2.05, 4.69) is 0 Å². The molecule has 0 bridgehead atoms. The first-order valence-corrected chi connectivity index (χ1v) is 5.49. The van der Waals surface area contributed by atoms with Crippen molar-refractivity contribution in [2.75, 3.05) is 17.4 Å². The molecular weight excluding hydrogens is 241 g/mol. The highest BCUT2D eigenvalue weighted by molar-refractivity contribution is 7.91. The van der Waals surface area contributed by atoms with E-state index in [9.17, 15) is 13.2 Å². The van der Waals surface area contributed by atoms with Crippen LogP contribution in [0.5, 0.6) is 0 Å². The van der Waals surface area contributed by atoms with Gasteiger partial charge < -0.3 is 10.8 Å². The van der Waals surface area contributed by atoms with Gasteiger partial charge in [-0.1, -0.05) is 0 Å². The van der Waals surface area contributed by atoms with Crippen LogP contribution in [0.2, 0.25) is 0 Å². The molecule has 0 aliphatic rings. The number of alkyl halides is 1. The second-order valence-corrected chi connectivity index (χ2v) is 4.85. The Hall–Kier alpha value is -0.0400. The number of nitrogens with two attached hydrogens (primary N) is 1. The standard InChI is InChI=1S/C5H10ClNO4S.ClH/c6-1-2-12(10,11)3-4(7)5(8)9;/h4H,1-3,7H2,(H,8,9);1H. The van der Waals surface area contributed by atoms with E-state index in [4.69, 9.17) is 22.4 Å². The minimum Gasteiger partial charge on any atom is -0.480 e. The molecule has 0 aromatic carbocycles. The summed E-state index contributed by atoms with van der Waals surface area (Å²) in [5.74, 6) is -2.17. The summed E-state index contributed by atoms with van der Waals surface area (Å²) in [7, 11) is -3.41. The number of hydrogen-bond donors (Lipinski definition) is 2. The highest BCUT2D eigenvalue weighted by atomic mass is 35.5. The van der Waals surface area contributed by atoms with Gasteiger partial charge >= 0.3 is 5.97 Å². The number of carboxylic acid groups (broad SMARTS) is 1. The quantitative estimate of drug-likeness (QED) is 0.641. The third-order valence-corrected chi connectivity index (χ3v) is 3.25. The molecule has 80 valence electrons. The van der Waals surface area contributed by atoms with Crippen molar-refractivity contribution < 1.29 is 18.3 Å². The molecule has 0 spiro atoms. The van der Waals surface area contributed by atoms with E-state index in [1.165, 1.54) is 0 Å². The zero-order valence-electron chi connectivity index (χ0n) is 6.64. The van der Waals surface area contributed by atoms with Crippen LogP contribution in [0.1, 0.15) is 0 Å². The van der Waals surface area contributed by atoms with Gasteiger partial charge in [0.05, 0.1) is 11.5 Å². The van der Waals surface area contributed by atoms with E-state index in [1.54, 1.807) is 0 Å². The molecule has 3 N–H and O–H groups in total. The Morgan fingerprint density at radius 1 is 1.54 bits per heavy atom. The second kappa shape index (κ2) is 6.42. The highest BCUT2D eigenvalue weighted by Crippen LogP contribution is 1.94. The fourth-order valence-electron chi connectivity index (χ4n) is 0.546. The Bertz CT molecular complexity index is 253. The second-order valence-electron chi connectivity index (χ2n) is 2.25. The molecule has 8 heteroatoms. The summed E-state index contributed by atoms with van der Waals surface area (Å²) in [5, 5.41) is 8.29. The van der Waals surface area contributed by atoms with E-state index in [-0.39, 0.29) is 24.0 Å². The first kappa shape index (κ1) is 15.4. The van der Waals surface area contributed by atoms with Gasteiger partial charge in [0.15, 0.2) is 9.84 Å². The first-order chi connectivity index (χ1) is 5.39. The maximum absolute atomic E-state index is 10.9. The molecule has 1 unspecified atom stereocenters. The Balaban J connectivity index is 0. The molecular formula is C5H11Cl2NO4S. The van der Waals surface area contributed by atoms with Crippen molar-refractivity contribution in [2.45, 2.75) is 6.04 Å². The average molecular weight is 252 g/mol. The predicted octanol–water partition coefficient (Wildman–Crippen LogP) is -0.526. The Kier molecular flexibility index (Phi) is 7.62. The van der Waals surface area contributed by atoms with Crippen LogP contribution in [0, 0.1) is 0 Å². The molecule has 13 heavy (non-hydrogen) atoms. The van der Waals surface area contributed by atoms with Gasteiger partial charge in [0, 0.05) is 5.88 Å². The first-order valence-electron chi connectivity index (χ1n) is 3.14. The molecule has 0 aliphatic carbocycles. The molecule has 0 amide bonds. The van der Waals surface area contributed by atoms with Crippen molar-refractivity contribution >= 4 is 39.8 Å². The van der Waals surface area contributed by atoms with Crippen molar-refractivity contribution in [3.05, 3.63) is 0 Å². The van der Waals surface area contributed by atoms with Crippen LogP contribution < -0.4 is 5.73 Å². The lowest BCUT2D eigenvalue weighted by Crippen LogP contribution is -2.38. The summed E-state index contributed by atoms with van der Waals surface area (Å²) in [5.41, 5.74) is 5.01. The zero-order chi connectivity index (χ0) is 9.78. The molecule has 1 atom stereocenters. The van der Waals surface area contributed by atoms with Gasteiger partial charge in [-0.25, -0.2) is 8.42 Å². The lowest BCUT2D eigenvalue weighted by molar-refractivity contribution is -0.137. The van der Waals surface area contributed by atoms with Crippen LogP contribution in [0.3, 0.4) is 0 Å². The molecule has 0 aliphatic heterocycles. The average Bonchev–Trinajstić information content (AvgIpc) is 1.85. The highest BCUT2D eigenvalue weighted by Gasteiger charge is 2.20. The maximum Gasteiger partial charge on any atom is 0.321 e. The van der Waals surface area contributed by atoms with Crippen LogP contribution in [0.15, 0.2) is 0 Å². The van der Waals surface area contributed by atoms with Gasteiger partial charge in [0.2, 0.25) is 0 Å². The zero-order valence-corrected chi connectivity index (χ0v) is 9.03. The Labute approximate surface area is 87.6 Å². The Morgan fingerprint density at radius 2 is 2.00 bits per heavy atom. The van der Waals surface area contributed by atoms with Gasteiger partial charge in [-0.15, -0.1) is 24.0 Å². The monoisotopic (exact) mass is 251 g/mol. The minimum absolute atomic E-state index is 0. The molecule has 0 saturated heterocycles. The summed E-state index contributed by atoms with van der Waals surface area (Å²) in [6, 6.07) is -1.36. The number of aliphatic carboxylic acids is 1. The summed E-state index contributed by atoms with van der Waals surface area (Å²) >= 11 is 5.18. The van der Waals surface area contributed by atoms with E-state index in [1.807, 2.05) is 0 Å². The summed E-state index contributed by atoms with van der Waals surface area (Å²) in [4.78, 5) is 10.2. The summed E-state index contributed by atoms with van der Waals surface area (Å²) in [6.07, 6.45) is 0. The van der Waals surface area contributed by atoms with Crippen molar-refractivity contribution in [3.8, 4) is 0 Å². The largest absolute Gasteiger partial charge is 0.480 e. The lowest BCUT2D eigenvalue weighted by Gasteiger charge is -2.05. The van der Waals surface area contributed by atoms with Crippen LogP contribution in [-0.4, -0.2) is 42.9 Å². The Morgan fingerprint density at radius 3 is 2.31 bits per heavy atom. The van der Waals surface area contributed by atoms with Crippen LogP contribution >= 0.6 is 24.0 Å². The molecule has 0 heterocycles. The van der Waals surface area contributed by atoms with E-state index < -0.39 is 27.6 Å². The van der Waals surface area contributed by atoms with Crippen molar-refractivity contribution in [1.82, 2.24) is 0 Å².